The minimum absolute atomic E-state index is 0.782. The van der Waals surface area contributed by atoms with Crippen molar-refractivity contribution in [3.8, 4) is 0 Å². The Labute approximate surface area is 97.9 Å². The first kappa shape index (κ1) is 11.1. The van der Waals surface area contributed by atoms with Crippen LogP contribution in [0.5, 0.6) is 0 Å². The smallest absolute Gasteiger partial charge is 0.0580 e. The first-order valence-corrected chi connectivity index (χ1v) is 6.05. The second-order valence-corrected chi connectivity index (χ2v) is 4.78. The molecule has 0 bridgehead atoms. The van der Waals surface area contributed by atoms with Crippen molar-refractivity contribution >= 4 is 11.8 Å². The van der Waals surface area contributed by atoms with Gasteiger partial charge < -0.3 is 0 Å². The SMILES string of the molecule is CC(C)CCc1ccc(C2=CCN=C2)cc1. The zero-order valence-corrected chi connectivity index (χ0v) is 10.1. The van der Waals surface area contributed by atoms with Crippen molar-refractivity contribution in [3.05, 3.63) is 41.5 Å². The maximum atomic E-state index is 4.21. The van der Waals surface area contributed by atoms with E-state index in [2.05, 4.69) is 49.2 Å². The highest BCUT2D eigenvalue weighted by atomic mass is 14.7. The Balaban J connectivity index is 2.02. The third-order valence-electron chi connectivity index (χ3n) is 2.94. The molecule has 1 heteroatoms. The predicted octanol–water partition coefficient (Wildman–Crippen LogP) is 3.74. The Kier molecular flexibility index (Phi) is 3.55. The fourth-order valence-corrected chi connectivity index (χ4v) is 1.87. The molecule has 0 aromatic heterocycles. The molecule has 16 heavy (non-hydrogen) atoms. The van der Waals surface area contributed by atoms with Gasteiger partial charge in [-0.15, -0.1) is 0 Å². The molecule has 2 rings (SSSR count). The topological polar surface area (TPSA) is 12.4 Å². The average Bonchev–Trinajstić information content (AvgIpc) is 2.80. The number of nitrogens with zero attached hydrogens (tertiary/aromatic N) is 1. The summed E-state index contributed by atoms with van der Waals surface area (Å²) in [6.07, 6.45) is 6.58. The van der Waals surface area contributed by atoms with Crippen LogP contribution >= 0.6 is 0 Å². The third kappa shape index (κ3) is 2.82. The van der Waals surface area contributed by atoms with Crippen molar-refractivity contribution in [2.75, 3.05) is 6.54 Å². The number of aliphatic imine (C=N–C) groups is 1. The summed E-state index contributed by atoms with van der Waals surface area (Å²) in [5.41, 5.74) is 3.98. The van der Waals surface area contributed by atoms with Gasteiger partial charge in [-0.1, -0.05) is 44.2 Å². The Hall–Kier alpha value is -1.37. The maximum Gasteiger partial charge on any atom is 0.0580 e. The van der Waals surface area contributed by atoms with Crippen LogP contribution in [0, 0.1) is 5.92 Å². The van der Waals surface area contributed by atoms with Crippen LogP contribution in [-0.2, 0) is 6.42 Å². The lowest BCUT2D eigenvalue weighted by atomic mass is 10.00. The summed E-state index contributed by atoms with van der Waals surface area (Å²) in [5, 5.41) is 0. The van der Waals surface area contributed by atoms with Gasteiger partial charge in [0.05, 0.1) is 6.54 Å². The van der Waals surface area contributed by atoms with Gasteiger partial charge in [0.25, 0.3) is 0 Å². The molecular formula is C15H19N. The molecule has 0 amide bonds. The molecular weight excluding hydrogens is 194 g/mol. The lowest BCUT2D eigenvalue weighted by Gasteiger charge is -2.06. The Bertz CT molecular complexity index is 396. The fraction of sp³-hybridized carbons (Fsp3) is 0.400. The van der Waals surface area contributed by atoms with Crippen LogP contribution in [0.25, 0.3) is 5.57 Å². The van der Waals surface area contributed by atoms with Crippen LogP contribution in [0.3, 0.4) is 0 Å². The van der Waals surface area contributed by atoms with Crippen molar-refractivity contribution in [2.45, 2.75) is 26.7 Å². The van der Waals surface area contributed by atoms with Gasteiger partial charge in [0, 0.05) is 6.21 Å². The quantitative estimate of drug-likeness (QED) is 0.722. The Morgan fingerprint density at radius 3 is 2.50 bits per heavy atom. The van der Waals surface area contributed by atoms with Crippen LogP contribution in [0.4, 0.5) is 0 Å². The highest BCUT2D eigenvalue weighted by Gasteiger charge is 2.02. The van der Waals surface area contributed by atoms with Crippen molar-refractivity contribution in [3.63, 3.8) is 0 Å². The Morgan fingerprint density at radius 2 is 1.94 bits per heavy atom. The van der Waals surface area contributed by atoms with Gasteiger partial charge >= 0.3 is 0 Å². The van der Waals surface area contributed by atoms with Crippen LogP contribution in [0.2, 0.25) is 0 Å². The molecule has 1 aromatic carbocycles. The summed E-state index contributed by atoms with van der Waals surface area (Å²) in [6.45, 7) is 5.38. The van der Waals surface area contributed by atoms with Crippen molar-refractivity contribution in [2.24, 2.45) is 10.9 Å². The summed E-state index contributed by atoms with van der Waals surface area (Å²) in [7, 11) is 0. The third-order valence-corrected chi connectivity index (χ3v) is 2.94. The van der Waals surface area contributed by atoms with Gasteiger partial charge in [-0.2, -0.15) is 0 Å². The maximum absolute atomic E-state index is 4.21. The van der Waals surface area contributed by atoms with Gasteiger partial charge in [-0.3, -0.25) is 4.99 Å². The van der Waals surface area contributed by atoms with E-state index >= 15 is 0 Å². The van der Waals surface area contributed by atoms with Gasteiger partial charge in [0.15, 0.2) is 0 Å². The lowest BCUT2D eigenvalue weighted by molar-refractivity contribution is 0.587. The van der Waals surface area contributed by atoms with E-state index in [4.69, 9.17) is 0 Å². The number of aryl methyl sites for hydroxylation is 1. The van der Waals surface area contributed by atoms with E-state index < -0.39 is 0 Å². The molecule has 0 saturated carbocycles. The van der Waals surface area contributed by atoms with E-state index in [-0.39, 0.29) is 0 Å². The van der Waals surface area contributed by atoms with Gasteiger partial charge in [-0.25, -0.2) is 0 Å². The van der Waals surface area contributed by atoms with Crippen LogP contribution in [0.15, 0.2) is 35.3 Å². The lowest BCUT2D eigenvalue weighted by Crippen LogP contribution is -1.92. The van der Waals surface area contributed by atoms with Crippen LogP contribution in [0.1, 0.15) is 31.4 Å². The highest BCUT2D eigenvalue weighted by Crippen LogP contribution is 2.17. The van der Waals surface area contributed by atoms with Crippen molar-refractivity contribution in [1.29, 1.82) is 0 Å². The molecule has 1 heterocycles. The molecule has 0 unspecified atom stereocenters. The van der Waals surface area contributed by atoms with E-state index in [9.17, 15) is 0 Å². The minimum Gasteiger partial charge on any atom is -0.288 e. The molecule has 0 N–H and O–H groups in total. The second kappa shape index (κ2) is 5.11. The summed E-state index contributed by atoms with van der Waals surface area (Å²) in [6, 6.07) is 8.90. The number of hydrogen-bond donors (Lipinski definition) is 0. The molecule has 0 spiro atoms. The van der Waals surface area contributed by atoms with Gasteiger partial charge in [-0.05, 0) is 35.5 Å². The largest absolute Gasteiger partial charge is 0.288 e. The summed E-state index contributed by atoms with van der Waals surface area (Å²) in [5.74, 6) is 0.782. The molecule has 0 aliphatic carbocycles. The van der Waals surface area contributed by atoms with E-state index in [1.54, 1.807) is 0 Å². The molecule has 1 aliphatic heterocycles. The molecule has 1 aliphatic rings. The highest BCUT2D eigenvalue weighted by molar-refractivity contribution is 6.11. The van der Waals surface area contributed by atoms with Crippen molar-refractivity contribution < 1.29 is 0 Å². The molecule has 84 valence electrons. The van der Waals surface area contributed by atoms with Gasteiger partial charge in [0.2, 0.25) is 0 Å². The zero-order valence-electron chi connectivity index (χ0n) is 10.1. The predicted molar refractivity (Wildman–Crippen MR) is 70.9 cm³/mol. The number of allylic oxidation sites excluding steroid dienone is 1. The zero-order chi connectivity index (χ0) is 11.4. The first-order valence-electron chi connectivity index (χ1n) is 6.05. The van der Waals surface area contributed by atoms with Crippen molar-refractivity contribution in [1.82, 2.24) is 0 Å². The molecule has 0 fully saturated rings. The number of rotatable bonds is 4. The Morgan fingerprint density at radius 1 is 1.19 bits per heavy atom. The summed E-state index contributed by atoms with van der Waals surface area (Å²) < 4.78 is 0. The van der Waals surface area contributed by atoms with Gasteiger partial charge in [0.1, 0.15) is 0 Å². The molecule has 1 aromatic rings. The minimum atomic E-state index is 0.782. The molecule has 0 saturated heterocycles. The van der Waals surface area contributed by atoms with E-state index in [0.717, 1.165) is 12.5 Å². The number of hydrogen-bond acceptors (Lipinski definition) is 1. The average molecular weight is 213 g/mol. The summed E-state index contributed by atoms with van der Waals surface area (Å²) >= 11 is 0. The van der Waals surface area contributed by atoms with Crippen LogP contribution < -0.4 is 0 Å². The summed E-state index contributed by atoms with van der Waals surface area (Å²) in [4.78, 5) is 4.21. The second-order valence-electron chi connectivity index (χ2n) is 4.78. The standard InChI is InChI=1S/C15H19N/c1-12(2)3-4-13-5-7-14(8-6-13)15-9-10-16-11-15/h5-9,11-12H,3-4,10H2,1-2H3. The molecule has 0 atom stereocenters. The van der Waals surface area contributed by atoms with E-state index in [1.807, 2.05) is 6.21 Å². The van der Waals surface area contributed by atoms with Crippen LogP contribution in [-0.4, -0.2) is 12.8 Å². The van der Waals surface area contributed by atoms with E-state index in [1.165, 1.54) is 29.5 Å². The fourth-order valence-electron chi connectivity index (χ4n) is 1.87. The monoisotopic (exact) mass is 213 g/mol. The van der Waals surface area contributed by atoms with E-state index in [0.29, 0.717) is 0 Å². The molecule has 0 radical (unpaired) electrons. The molecule has 1 nitrogen and oxygen atoms in total. The number of benzene rings is 1. The normalized spacial score (nSPS) is 14.6. The first-order chi connectivity index (χ1) is 7.75.